The lowest BCUT2D eigenvalue weighted by molar-refractivity contribution is -0.137. The normalized spacial score (nSPS) is 11.7. The molecule has 0 N–H and O–H groups in total. The first-order valence-electron chi connectivity index (χ1n) is 6.50. The molecule has 0 amide bonds. The molecular weight excluding hydrogens is 335 g/mol. The van der Waals surface area contributed by atoms with Gasteiger partial charge in [-0.2, -0.15) is 13.2 Å². The van der Waals surface area contributed by atoms with E-state index in [0.717, 1.165) is 36.4 Å². The molecule has 4 nitrogen and oxygen atoms in total. The van der Waals surface area contributed by atoms with Crippen LogP contribution in [0.2, 0.25) is 0 Å². The lowest BCUT2D eigenvalue weighted by Crippen LogP contribution is -2.15. The van der Waals surface area contributed by atoms with Crippen LogP contribution in [0, 0.1) is 11.6 Å². The summed E-state index contributed by atoms with van der Waals surface area (Å²) in [5.41, 5.74) is -2.00. The quantitative estimate of drug-likeness (QED) is 0.666. The lowest BCUT2D eigenvalue weighted by atomic mass is 10.1. The molecule has 0 aliphatic heterocycles. The van der Waals surface area contributed by atoms with Crippen LogP contribution in [-0.4, -0.2) is 9.72 Å². The summed E-state index contributed by atoms with van der Waals surface area (Å²) in [5, 5.41) is 3.29. The first-order chi connectivity index (χ1) is 11.3. The van der Waals surface area contributed by atoms with E-state index in [1.807, 2.05) is 0 Å². The third kappa shape index (κ3) is 2.68. The minimum absolute atomic E-state index is 0.284. The zero-order chi connectivity index (χ0) is 17.5. The second-order valence-electron chi connectivity index (χ2n) is 4.75. The van der Waals surface area contributed by atoms with E-state index >= 15 is 0 Å². The second-order valence-corrected chi connectivity index (χ2v) is 4.75. The summed E-state index contributed by atoms with van der Waals surface area (Å²) in [6, 6.07) is 6.62. The largest absolute Gasteiger partial charge is 0.446 e. The standard InChI is InChI=1S/C15H7F5N2O2/c16-10-5-2-6-11(17)12(10)13-21-24-14(23)22(13)9-4-1-3-8(7-9)15(18,19)20/h1-7H. The highest BCUT2D eigenvalue weighted by atomic mass is 19.4. The summed E-state index contributed by atoms with van der Waals surface area (Å²) >= 11 is 0. The number of halogens is 5. The third-order valence-corrected chi connectivity index (χ3v) is 3.22. The molecule has 0 aliphatic rings. The Morgan fingerprint density at radius 2 is 1.62 bits per heavy atom. The third-order valence-electron chi connectivity index (χ3n) is 3.22. The average Bonchev–Trinajstić information content (AvgIpc) is 2.88. The fraction of sp³-hybridized carbons (Fsp3) is 0.0667. The molecule has 0 spiro atoms. The molecule has 0 fully saturated rings. The molecular formula is C15H7F5N2O2. The van der Waals surface area contributed by atoms with Crippen molar-refractivity contribution in [1.29, 1.82) is 0 Å². The van der Waals surface area contributed by atoms with E-state index in [2.05, 4.69) is 9.68 Å². The average molecular weight is 342 g/mol. The van der Waals surface area contributed by atoms with Crippen LogP contribution in [0.1, 0.15) is 5.56 Å². The van der Waals surface area contributed by atoms with E-state index in [-0.39, 0.29) is 5.69 Å². The van der Waals surface area contributed by atoms with Crippen molar-refractivity contribution in [3.05, 3.63) is 70.2 Å². The minimum Gasteiger partial charge on any atom is -0.295 e. The fourth-order valence-corrected chi connectivity index (χ4v) is 2.17. The number of aromatic nitrogens is 2. The molecule has 0 saturated carbocycles. The van der Waals surface area contributed by atoms with E-state index in [4.69, 9.17) is 0 Å². The van der Waals surface area contributed by atoms with Crippen LogP contribution in [-0.2, 0) is 6.18 Å². The molecule has 0 radical (unpaired) electrons. The van der Waals surface area contributed by atoms with Crippen molar-refractivity contribution in [1.82, 2.24) is 9.72 Å². The van der Waals surface area contributed by atoms with Crippen LogP contribution in [0.15, 0.2) is 51.8 Å². The summed E-state index contributed by atoms with van der Waals surface area (Å²) in [4.78, 5) is 11.8. The van der Waals surface area contributed by atoms with Gasteiger partial charge in [0.15, 0.2) is 5.82 Å². The van der Waals surface area contributed by atoms with Gasteiger partial charge in [-0.1, -0.05) is 17.3 Å². The second kappa shape index (κ2) is 5.59. The van der Waals surface area contributed by atoms with E-state index in [1.165, 1.54) is 0 Å². The molecule has 0 unspecified atom stereocenters. The predicted molar refractivity (Wildman–Crippen MR) is 72.5 cm³/mol. The predicted octanol–water partition coefficient (Wildman–Crippen LogP) is 3.79. The first kappa shape index (κ1) is 15.9. The van der Waals surface area contributed by atoms with E-state index in [0.29, 0.717) is 10.6 Å². The first-order valence-corrected chi connectivity index (χ1v) is 6.50. The van der Waals surface area contributed by atoms with Gasteiger partial charge >= 0.3 is 11.9 Å². The van der Waals surface area contributed by atoms with E-state index in [1.54, 1.807) is 0 Å². The molecule has 0 atom stereocenters. The van der Waals surface area contributed by atoms with Crippen molar-refractivity contribution >= 4 is 0 Å². The summed E-state index contributed by atoms with van der Waals surface area (Å²) in [6.45, 7) is 0. The van der Waals surface area contributed by atoms with Gasteiger partial charge in [0.05, 0.1) is 16.8 Å². The molecule has 2 aromatic carbocycles. The topological polar surface area (TPSA) is 48.0 Å². The Hall–Kier alpha value is -2.97. The van der Waals surface area contributed by atoms with Gasteiger partial charge in [0.2, 0.25) is 0 Å². The van der Waals surface area contributed by atoms with Crippen molar-refractivity contribution in [2.24, 2.45) is 0 Å². The van der Waals surface area contributed by atoms with Gasteiger partial charge in [0.25, 0.3) is 0 Å². The zero-order valence-corrected chi connectivity index (χ0v) is 11.6. The van der Waals surface area contributed by atoms with Gasteiger partial charge in [-0.3, -0.25) is 4.52 Å². The maximum atomic E-state index is 13.9. The Kier molecular flexibility index (Phi) is 3.70. The van der Waals surface area contributed by atoms with Crippen LogP contribution < -0.4 is 5.76 Å². The number of benzene rings is 2. The maximum absolute atomic E-state index is 13.9. The summed E-state index contributed by atoms with van der Waals surface area (Å²) in [7, 11) is 0. The number of nitrogens with zero attached hydrogens (tertiary/aromatic N) is 2. The van der Waals surface area contributed by atoms with Gasteiger partial charge < -0.3 is 0 Å². The van der Waals surface area contributed by atoms with Gasteiger partial charge in [-0.15, -0.1) is 0 Å². The number of alkyl halides is 3. The van der Waals surface area contributed by atoms with Gasteiger partial charge in [0.1, 0.15) is 11.6 Å². The molecule has 3 rings (SSSR count). The molecule has 0 saturated heterocycles. The molecule has 3 aromatic rings. The van der Waals surface area contributed by atoms with Gasteiger partial charge in [-0.25, -0.2) is 18.1 Å². The Balaban J connectivity index is 2.25. The van der Waals surface area contributed by atoms with Crippen molar-refractivity contribution in [2.45, 2.75) is 6.18 Å². The van der Waals surface area contributed by atoms with Crippen LogP contribution in [0.3, 0.4) is 0 Å². The van der Waals surface area contributed by atoms with Crippen LogP contribution in [0.25, 0.3) is 17.1 Å². The van der Waals surface area contributed by atoms with Crippen molar-refractivity contribution in [2.75, 3.05) is 0 Å². The Bertz CT molecular complexity index is 939. The SMILES string of the molecule is O=c1onc(-c2c(F)cccc2F)n1-c1cccc(C(F)(F)F)c1. The highest BCUT2D eigenvalue weighted by molar-refractivity contribution is 5.59. The smallest absolute Gasteiger partial charge is 0.295 e. The molecule has 24 heavy (non-hydrogen) atoms. The highest BCUT2D eigenvalue weighted by Crippen LogP contribution is 2.31. The molecule has 0 bridgehead atoms. The van der Waals surface area contributed by atoms with E-state index in [9.17, 15) is 26.7 Å². The van der Waals surface area contributed by atoms with E-state index < -0.39 is 40.5 Å². The molecule has 124 valence electrons. The summed E-state index contributed by atoms with van der Waals surface area (Å²) in [6.07, 6.45) is -4.65. The lowest BCUT2D eigenvalue weighted by Gasteiger charge is -2.10. The van der Waals surface area contributed by atoms with Crippen molar-refractivity contribution in [3.8, 4) is 17.1 Å². The number of hydrogen-bond donors (Lipinski definition) is 0. The molecule has 9 heteroatoms. The zero-order valence-electron chi connectivity index (χ0n) is 11.6. The van der Waals surface area contributed by atoms with Crippen LogP contribution >= 0.6 is 0 Å². The number of hydrogen-bond acceptors (Lipinski definition) is 3. The van der Waals surface area contributed by atoms with Crippen LogP contribution in [0.5, 0.6) is 0 Å². The highest BCUT2D eigenvalue weighted by Gasteiger charge is 2.31. The Morgan fingerprint density at radius 3 is 2.25 bits per heavy atom. The van der Waals surface area contributed by atoms with Crippen LogP contribution in [0.4, 0.5) is 22.0 Å². The Morgan fingerprint density at radius 1 is 1.00 bits per heavy atom. The fourth-order valence-electron chi connectivity index (χ4n) is 2.17. The Labute approximate surface area is 130 Å². The molecule has 0 aliphatic carbocycles. The van der Waals surface area contributed by atoms with Gasteiger partial charge in [0, 0.05) is 0 Å². The maximum Gasteiger partial charge on any atom is 0.446 e. The summed E-state index contributed by atoms with van der Waals surface area (Å²) in [5.74, 6) is -3.82. The molecule has 1 aromatic heterocycles. The van der Waals surface area contributed by atoms with Crippen molar-refractivity contribution in [3.63, 3.8) is 0 Å². The number of rotatable bonds is 2. The minimum atomic E-state index is -4.65. The van der Waals surface area contributed by atoms with Crippen molar-refractivity contribution < 1.29 is 26.5 Å². The molecule has 1 heterocycles. The van der Waals surface area contributed by atoms with Gasteiger partial charge in [-0.05, 0) is 30.3 Å². The monoisotopic (exact) mass is 342 g/mol. The summed E-state index contributed by atoms with van der Waals surface area (Å²) < 4.78 is 71.2.